The van der Waals surface area contributed by atoms with Crippen LogP contribution in [0.1, 0.15) is 22.3 Å². The molecule has 1 N–H and O–H groups in total. The van der Waals surface area contributed by atoms with Gasteiger partial charge in [-0.05, 0) is 62.1 Å². The zero-order chi connectivity index (χ0) is 16.1. The second kappa shape index (κ2) is 7.32. The quantitative estimate of drug-likeness (QED) is 0.883. The molecule has 0 radical (unpaired) electrons. The molecule has 0 heterocycles. The molecule has 0 saturated carbocycles. The Morgan fingerprint density at radius 1 is 0.773 bits per heavy atom. The predicted octanol–water partition coefficient (Wildman–Crippen LogP) is 3.74. The van der Waals surface area contributed by atoms with Gasteiger partial charge in [-0.1, -0.05) is 24.3 Å². The van der Waals surface area contributed by atoms with Gasteiger partial charge in [0.25, 0.3) is 0 Å². The number of aliphatic hydroxyl groups excluding tert-OH is 1. The maximum atomic E-state index is 10.0. The minimum Gasteiger partial charge on any atom is -0.490 e. The first kappa shape index (κ1) is 16.4. The topological polar surface area (TPSA) is 38.7 Å². The van der Waals surface area contributed by atoms with Gasteiger partial charge in [0.2, 0.25) is 0 Å². The van der Waals surface area contributed by atoms with E-state index < -0.39 is 6.10 Å². The number of aryl methyl sites for hydroxylation is 4. The number of hydrogen-bond acceptors (Lipinski definition) is 3. The molecule has 0 spiro atoms. The zero-order valence-corrected chi connectivity index (χ0v) is 13.7. The van der Waals surface area contributed by atoms with Crippen molar-refractivity contribution in [1.82, 2.24) is 0 Å². The summed E-state index contributed by atoms with van der Waals surface area (Å²) in [7, 11) is 0. The first-order chi connectivity index (χ1) is 10.5. The highest BCUT2D eigenvalue weighted by Crippen LogP contribution is 2.21. The Balaban J connectivity index is 1.86. The van der Waals surface area contributed by atoms with Crippen LogP contribution < -0.4 is 9.47 Å². The molecule has 0 unspecified atom stereocenters. The summed E-state index contributed by atoms with van der Waals surface area (Å²) in [6, 6.07) is 12.1. The van der Waals surface area contributed by atoms with Crippen molar-refractivity contribution in [3.8, 4) is 11.5 Å². The Kier molecular flexibility index (Phi) is 5.45. The fraction of sp³-hybridized carbons (Fsp3) is 0.368. The monoisotopic (exact) mass is 300 g/mol. The van der Waals surface area contributed by atoms with E-state index in [1.165, 1.54) is 0 Å². The Bertz CT molecular complexity index is 579. The van der Waals surface area contributed by atoms with Crippen LogP contribution in [-0.2, 0) is 0 Å². The Morgan fingerprint density at radius 2 is 1.18 bits per heavy atom. The van der Waals surface area contributed by atoms with Crippen LogP contribution in [0.5, 0.6) is 11.5 Å². The van der Waals surface area contributed by atoms with Crippen LogP contribution in [0.2, 0.25) is 0 Å². The summed E-state index contributed by atoms with van der Waals surface area (Å²) >= 11 is 0. The maximum absolute atomic E-state index is 10.0. The van der Waals surface area contributed by atoms with Crippen molar-refractivity contribution >= 4 is 0 Å². The van der Waals surface area contributed by atoms with Crippen molar-refractivity contribution in [2.45, 2.75) is 33.8 Å². The van der Waals surface area contributed by atoms with E-state index in [1.807, 2.05) is 64.1 Å². The van der Waals surface area contributed by atoms with E-state index in [9.17, 15) is 5.11 Å². The van der Waals surface area contributed by atoms with Gasteiger partial charge in [0.15, 0.2) is 0 Å². The molecule has 0 bridgehead atoms. The van der Waals surface area contributed by atoms with Crippen LogP contribution >= 0.6 is 0 Å². The minimum absolute atomic E-state index is 0.217. The van der Waals surface area contributed by atoms with E-state index >= 15 is 0 Å². The van der Waals surface area contributed by atoms with Gasteiger partial charge < -0.3 is 14.6 Å². The van der Waals surface area contributed by atoms with Crippen LogP contribution in [0.4, 0.5) is 0 Å². The summed E-state index contributed by atoms with van der Waals surface area (Å²) in [5, 5.41) is 10.0. The summed E-state index contributed by atoms with van der Waals surface area (Å²) in [6.45, 7) is 8.46. The van der Waals surface area contributed by atoms with Gasteiger partial charge in [0.05, 0.1) is 0 Å². The first-order valence-electron chi connectivity index (χ1n) is 7.54. The largest absolute Gasteiger partial charge is 0.490 e. The molecule has 0 fully saturated rings. The molecular weight excluding hydrogens is 276 g/mol. The third kappa shape index (κ3) is 4.50. The number of hydrogen-bond donors (Lipinski definition) is 1. The van der Waals surface area contributed by atoms with Gasteiger partial charge in [-0.3, -0.25) is 0 Å². The average Bonchev–Trinajstić information content (AvgIpc) is 2.49. The van der Waals surface area contributed by atoms with Gasteiger partial charge in [-0.25, -0.2) is 0 Å². The molecule has 0 aliphatic heterocycles. The van der Waals surface area contributed by atoms with Crippen molar-refractivity contribution < 1.29 is 14.6 Å². The second-order valence-electron chi connectivity index (χ2n) is 5.81. The van der Waals surface area contributed by atoms with Crippen LogP contribution in [0.15, 0.2) is 36.4 Å². The third-order valence-electron chi connectivity index (χ3n) is 3.55. The number of ether oxygens (including phenoxy) is 2. The number of benzene rings is 2. The van der Waals surface area contributed by atoms with Gasteiger partial charge in [-0.15, -0.1) is 0 Å². The van der Waals surface area contributed by atoms with E-state index in [1.54, 1.807) is 0 Å². The van der Waals surface area contributed by atoms with Crippen molar-refractivity contribution in [2.75, 3.05) is 13.2 Å². The van der Waals surface area contributed by atoms with Crippen molar-refractivity contribution in [3.05, 3.63) is 58.7 Å². The SMILES string of the molecule is Cc1ccc(C)c(OCC(O)COc2cc(C)ccc2C)c1. The average molecular weight is 300 g/mol. The molecule has 3 heteroatoms. The lowest BCUT2D eigenvalue weighted by molar-refractivity contribution is 0.0621. The third-order valence-corrected chi connectivity index (χ3v) is 3.55. The fourth-order valence-corrected chi connectivity index (χ4v) is 2.15. The van der Waals surface area contributed by atoms with Crippen LogP contribution in [0.3, 0.4) is 0 Å². The van der Waals surface area contributed by atoms with E-state index in [2.05, 4.69) is 0 Å². The Hall–Kier alpha value is -2.00. The summed E-state index contributed by atoms with van der Waals surface area (Å²) < 4.78 is 11.4. The second-order valence-corrected chi connectivity index (χ2v) is 5.81. The summed E-state index contributed by atoms with van der Waals surface area (Å²) in [4.78, 5) is 0. The lowest BCUT2D eigenvalue weighted by Gasteiger charge is -2.16. The summed E-state index contributed by atoms with van der Waals surface area (Å²) in [5.41, 5.74) is 4.41. The lowest BCUT2D eigenvalue weighted by Crippen LogP contribution is -2.25. The molecule has 118 valence electrons. The molecule has 3 nitrogen and oxygen atoms in total. The van der Waals surface area contributed by atoms with Crippen LogP contribution in [-0.4, -0.2) is 24.4 Å². The van der Waals surface area contributed by atoms with Crippen LogP contribution in [0.25, 0.3) is 0 Å². The predicted molar refractivity (Wildman–Crippen MR) is 88.8 cm³/mol. The van der Waals surface area contributed by atoms with Crippen molar-refractivity contribution in [1.29, 1.82) is 0 Å². The molecule has 0 amide bonds. The maximum Gasteiger partial charge on any atom is 0.122 e. The molecule has 2 rings (SSSR count). The van der Waals surface area contributed by atoms with Gasteiger partial charge >= 0.3 is 0 Å². The van der Waals surface area contributed by atoms with Crippen molar-refractivity contribution in [2.24, 2.45) is 0 Å². The highest BCUT2D eigenvalue weighted by atomic mass is 16.5. The minimum atomic E-state index is -0.667. The van der Waals surface area contributed by atoms with Crippen LogP contribution in [0, 0.1) is 27.7 Å². The van der Waals surface area contributed by atoms with E-state index in [4.69, 9.17) is 9.47 Å². The standard InChI is InChI=1S/C19H24O3/c1-13-5-7-15(3)18(9-13)21-11-17(20)12-22-19-10-14(2)6-8-16(19)4/h5-10,17,20H,11-12H2,1-4H3. The molecule has 22 heavy (non-hydrogen) atoms. The molecule has 2 aromatic rings. The smallest absolute Gasteiger partial charge is 0.122 e. The van der Waals surface area contributed by atoms with Gasteiger partial charge in [0.1, 0.15) is 30.8 Å². The van der Waals surface area contributed by atoms with Gasteiger partial charge in [-0.2, -0.15) is 0 Å². The lowest BCUT2D eigenvalue weighted by atomic mass is 10.1. The zero-order valence-electron chi connectivity index (χ0n) is 13.7. The van der Waals surface area contributed by atoms with E-state index in [0.717, 1.165) is 33.8 Å². The van der Waals surface area contributed by atoms with E-state index in [0.29, 0.717) is 0 Å². The summed E-state index contributed by atoms with van der Waals surface area (Å²) in [5.74, 6) is 1.62. The molecular formula is C19H24O3. The Labute approximate surface area is 132 Å². The number of aliphatic hydroxyl groups is 1. The van der Waals surface area contributed by atoms with Crippen molar-refractivity contribution in [3.63, 3.8) is 0 Å². The highest BCUT2D eigenvalue weighted by Gasteiger charge is 2.09. The molecule has 0 atom stereocenters. The van der Waals surface area contributed by atoms with Gasteiger partial charge in [0, 0.05) is 0 Å². The molecule has 2 aromatic carbocycles. The van der Waals surface area contributed by atoms with E-state index in [-0.39, 0.29) is 13.2 Å². The first-order valence-corrected chi connectivity index (χ1v) is 7.54. The number of rotatable bonds is 6. The molecule has 0 aromatic heterocycles. The summed E-state index contributed by atoms with van der Waals surface area (Å²) in [6.07, 6.45) is -0.667. The Morgan fingerprint density at radius 3 is 1.59 bits per heavy atom. The normalized spacial score (nSPS) is 10.8. The fourth-order valence-electron chi connectivity index (χ4n) is 2.15. The molecule has 0 aliphatic carbocycles. The molecule has 0 aliphatic rings. The highest BCUT2D eigenvalue weighted by molar-refractivity contribution is 5.36. The molecule has 0 saturated heterocycles.